The normalized spacial score (nSPS) is 11.0. The molecule has 0 aliphatic rings. The Morgan fingerprint density at radius 3 is 2.37 bits per heavy atom. The van der Waals surface area contributed by atoms with E-state index in [-0.39, 0.29) is 24.5 Å². The highest BCUT2D eigenvalue weighted by atomic mass is 79.9. The number of hydrogen-bond donors (Lipinski definition) is 3. The van der Waals surface area contributed by atoms with E-state index in [9.17, 15) is 10.0 Å². The Kier molecular flexibility index (Phi) is 12.4. The monoisotopic (exact) mass is 581 g/mol. The Balaban J connectivity index is 0.00000450. The van der Waals surface area contributed by atoms with Crippen LogP contribution in [-0.4, -0.2) is 36.5 Å². The largest absolute Gasteiger partial charge is 0.491 e. The van der Waals surface area contributed by atoms with Crippen molar-refractivity contribution in [2.45, 2.75) is 19.3 Å². The Bertz CT molecular complexity index is 842. The number of oxime groups is 1. The van der Waals surface area contributed by atoms with Gasteiger partial charge in [0.2, 0.25) is 0 Å². The Morgan fingerprint density at radius 2 is 1.80 bits per heavy atom. The average Bonchev–Trinajstić information content (AvgIpc) is 2.69. The summed E-state index contributed by atoms with van der Waals surface area (Å²) in [5, 5.41) is 15.9. The molecule has 0 unspecified atom stereocenters. The van der Waals surface area contributed by atoms with E-state index in [4.69, 9.17) is 22.1 Å². The van der Waals surface area contributed by atoms with Crippen molar-refractivity contribution in [3.63, 3.8) is 0 Å². The standard InChI is InChI=1S/C20H22Br2ClN3O3.ClH/c21-16-10-14(11-17(22)19(16)29-9-1-7-24)12-18(26-28)20(27)25-8-6-13-2-4-15(23)5-3-13;/h2-5,10-11,28H,1,6-9,12,24H2,(H,25,27);1H/b26-18+;. The summed E-state index contributed by atoms with van der Waals surface area (Å²) in [5.41, 5.74) is 7.35. The molecule has 0 radical (unpaired) electrons. The lowest BCUT2D eigenvalue weighted by molar-refractivity contribution is -0.115. The quantitative estimate of drug-likeness (QED) is 0.163. The third kappa shape index (κ3) is 8.43. The zero-order valence-corrected chi connectivity index (χ0v) is 20.8. The number of nitrogens with zero attached hydrogens (tertiary/aromatic N) is 1. The molecule has 30 heavy (non-hydrogen) atoms. The molecule has 0 spiro atoms. The van der Waals surface area contributed by atoms with Gasteiger partial charge in [-0.25, -0.2) is 0 Å². The molecule has 0 aromatic heterocycles. The van der Waals surface area contributed by atoms with Gasteiger partial charge in [-0.3, -0.25) is 4.79 Å². The van der Waals surface area contributed by atoms with E-state index < -0.39 is 5.91 Å². The molecular formula is C20H23Br2Cl2N3O3. The van der Waals surface area contributed by atoms with Crippen molar-refractivity contribution in [2.24, 2.45) is 10.9 Å². The molecule has 2 aromatic rings. The minimum Gasteiger partial charge on any atom is -0.491 e. The van der Waals surface area contributed by atoms with Crippen LogP contribution in [0.2, 0.25) is 5.02 Å². The summed E-state index contributed by atoms with van der Waals surface area (Å²) >= 11 is 12.8. The summed E-state index contributed by atoms with van der Waals surface area (Å²) in [6.07, 6.45) is 1.56. The second-order valence-corrected chi connectivity index (χ2v) is 8.38. The van der Waals surface area contributed by atoms with Gasteiger partial charge in [-0.15, -0.1) is 12.4 Å². The van der Waals surface area contributed by atoms with Crippen molar-refractivity contribution < 1.29 is 14.7 Å². The smallest absolute Gasteiger partial charge is 0.269 e. The highest BCUT2D eigenvalue weighted by molar-refractivity contribution is 9.11. The molecule has 6 nitrogen and oxygen atoms in total. The fraction of sp³-hybridized carbons (Fsp3) is 0.300. The summed E-state index contributed by atoms with van der Waals surface area (Å²) in [5.74, 6) is 0.245. The number of carbonyl (C=O) groups excluding carboxylic acids is 1. The lowest BCUT2D eigenvalue weighted by Gasteiger charge is -2.12. The SMILES string of the molecule is Cl.NCCCOc1c(Br)cc(C/C(=N\O)C(=O)NCCc2ccc(Cl)cc2)cc1Br. The molecule has 0 fully saturated rings. The molecule has 0 aliphatic heterocycles. The molecule has 0 bridgehead atoms. The van der Waals surface area contributed by atoms with Gasteiger partial charge in [-0.2, -0.15) is 0 Å². The highest BCUT2D eigenvalue weighted by Crippen LogP contribution is 2.35. The van der Waals surface area contributed by atoms with Crippen LogP contribution in [0.15, 0.2) is 50.5 Å². The van der Waals surface area contributed by atoms with Crippen LogP contribution in [0.3, 0.4) is 0 Å². The minimum atomic E-state index is -0.419. The first-order chi connectivity index (χ1) is 13.9. The van der Waals surface area contributed by atoms with E-state index in [0.717, 1.165) is 26.5 Å². The van der Waals surface area contributed by atoms with Crippen molar-refractivity contribution in [3.05, 3.63) is 61.5 Å². The summed E-state index contributed by atoms with van der Waals surface area (Å²) < 4.78 is 7.17. The van der Waals surface area contributed by atoms with Gasteiger partial charge < -0.3 is 21.0 Å². The summed E-state index contributed by atoms with van der Waals surface area (Å²) in [6.45, 7) is 1.48. The van der Waals surface area contributed by atoms with Crippen LogP contribution in [0.4, 0.5) is 0 Å². The maximum absolute atomic E-state index is 12.4. The van der Waals surface area contributed by atoms with Crippen molar-refractivity contribution in [1.29, 1.82) is 0 Å². The van der Waals surface area contributed by atoms with Gasteiger partial charge in [0.05, 0.1) is 15.6 Å². The fourth-order valence-electron chi connectivity index (χ4n) is 2.54. The molecular weight excluding hydrogens is 561 g/mol. The van der Waals surface area contributed by atoms with Crippen LogP contribution in [0.5, 0.6) is 5.75 Å². The van der Waals surface area contributed by atoms with Crippen molar-refractivity contribution >= 4 is 67.5 Å². The van der Waals surface area contributed by atoms with Gasteiger partial charge >= 0.3 is 0 Å². The van der Waals surface area contributed by atoms with Gasteiger partial charge in [-0.05, 0) is 86.6 Å². The molecule has 0 aliphatic carbocycles. The van der Waals surface area contributed by atoms with E-state index in [1.165, 1.54) is 0 Å². The lowest BCUT2D eigenvalue weighted by atomic mass is 10.1. The molecule has 4 N–H and O–H groups in total. The van der Waals surface area contributed by atoms with Crippen molar-refractivity contribution in [2.75, 3.05) is 19.7 Å². The number of amides is 1. The lowest BCUT2D eigenvalue weighted by Crippen LogP contribution is -2.33. The van der Waals surface area contributed by atoms with Gasteiger partial charge in [-0.1, -0.05) is 28.9 Å². The summed E-state index contributed by atoms with van der Waals surface area (Å²) in [6, 6.07) is 11.1. The van der Waals surface area contributed by atoms with Crippen molar-refractivity contribution in [3.8, 4) is 5.75 Å². The highest BCUT2D eigenvalue weighted by Gasteiger charge is 2.16. The zero-order chi connectivity index (χ0) is 21.2. The third-order valence-electron chi connectivity index (χ3n) is 4.02. The average molecular weight is 584 g/mol. The Labute approximate surface area is 203 Å². The van der Waals surface area contributed by atoms with E-state index in [0.29, 0.717) is 36.9 Å². The van der Waals surface area contributed by atoms with Crippen LogP contribution in [0.1, 0.15) is 17.5 Å². The number of carbonyl (C=O) groups is 1. The van der Waals surface area contributed by atoms with E-state index in [1.54, 1.807) is 12.1 Å². The number of hydrogen-bond acceptors (Lipinski definition) is 5. The van der Waals surface area contributed by atoms with Crippen molar-refractivity contribution in [1.82, 2.24) is 5.32 Å². The number of halogens is 4. The molecule has 10 heteroatoms. The van der Waals surface area contributed by atoms with E-state index in [2.05, 4.69) is 42.3 Å². The molecule has 0 saturated carbocycles. The number of benzene rings is 2. The molecule has 164 valence electrons. The first-order valence-corrected chi connectivity index (χ1v) is 10.9. The maximum Gasteiger partial charge on any atom is 0.269 e. The minimum absolute atomic E-state index is 0. The predicted molar refractivity (Wildman–Crippen MR) is 129 cm³/mol. The molecule has 1 amide bonds. The van der Waals surface area contributed by atoms with Crippen LogP contribution in [-0.2, 0) is 17.6 Å². The van der Waals surface area contributed by atoms with E-state index >= 15 is 0 Å². The molecule has 0 atom stereocenters. The second kappa shape index (κ2) is 13.9. The Hall–Kier alpha value is -1.32. The summed E-state index contributed by atoms with van der Waals surface area (Å²) in [7, 11) is 0. The van der Waals surface area contributed by atoms with Crippen LogP contribution >= 0.6 is 55.9 Å². The number of nitrogens with two attached hydrogens (primary N) is 1. The van der Waals surface area contributed by atoms with Gasteiger partial charge in [0, 0.05) is 18.0 Å². The first kappa shape index (κ1) is 26.7. The topological polar surface area (TPSA) is 96.9 Å². The fourth-order valence-corrected chi connectivity index (χ4v) is 4.17. The van der Waals surface area contributed by atoms with Gasteiger partial charge in [0.15, 0.2) is 0 Å². The van der Waals surface area contributed by atoms with Crippen LogP contribution in [0.25, 0.3) is 0 Å². The number of rotatable bonds is 10. The van der Waals surface area contributed by atoms with E-state index in [1.807, 2.05) is 24.3 Å². The third-order valence-corrected chi connectivity index (χ3v) is 5.45. The summed E-state index contributed by atoms with van der Waals surface area (Å²) in [4.78, 5) is 12.4. The number of ether oxygens (including phenoxy) is 1. The number of nitrogens with one attached hydrogen (secondary N) is 1. The van der Waals surface area contributed by atoms with Gasteiger partial charge in [0.25, 0.3) is 5.91 Å². The second-order valence-electron chi connectivity index (χ2n) is 6.24. The molecule has 2 rings (SSSR count). The Morgan fingerprint density at radius 1 is 1.17 bits per heavy atom. The zero-order valence-electron chi connectivity index (χ0n) is 16.0. The molecule has 0 saturated heterocycles. The first-order valence-electron chi connectivity index (χ1n) is 8.99. The molecule has 0 heterocycles. The van der Waals surface area contributed by atoms with Crippen LogP contribution in [0, 0.1) is 0 Å². The van der Waals surface area contributed by atoms with Crippen LogP contribution < -0.4 is 15.8 Å². The van der Waals surface area contributed by atoms with Gasteiger partial charge in [0.1, 0.15) is 11.5 Å². The predicted octanol–water partition coefficient (Wildman–Crippen LogP) is 4.75. The molecule has 2 aromatic carbocycles. The maximum atomic E-state index is 12.4.